The van der Waals surface area contributed by atoms with Crippen molar-refractivity contribution in [1.29, 1.82) is 0 Å². The van der Waals surface area contributed by atoms with Gasteiger partial charge in [-0.25, -0.2) is 0 Å². The Morgan fingerprint density at radius 3 is 2.95 bits per heavy atom. The van der Waals surface area contributed by atoms with Gasteiger partial charge in [-0.05, 0) is 43.5 Å². The summed E-state index contributed by atoms with van der Waals surface area (Å²) in [5.41, 5.74) is 0.799. The fourth-order valence-corrected chi connectivity index (χ4v) is 3.49. The Morgan fingerprint density at radius 1 is 1.52 bits per heavy atom. The zero-order chi connectivity index (χ0) is 15.2. The van der Waals surface area contributed by atoms with Crippen molar-refractivity contribution in [2.45, 2.75) is 38.4 Å². The van der Waals surface area contributed by atoms with Gasteiger partial charge in [0.15, 0.2) is 0 Å². The van der Waals surface area contributed by atoms with Gasteiger partial charge in [0.25, 0.3) is 0 Å². The quantitative estimate of drug-likeness (QED) is 0.780. The van der Waals surface area contributed by atoms with E-state index in [1.807, 2.05) is 18.2 Å². The maximum Gasteiger partial charge on any atom is 0.0816 e. The molecule has 3 nitrogen and oxygen atoms in total. The monoisotopic (exact) mass is 375 g/mol. The van der Waals surface area contributed by atoms with Crippen molar-refractivity contribution < 1.29 is 9.84 Å². The van der Waals surface area contributed by atoms with Crippen LogP contribution in [0.4, 0.5) is 0 Å². The summed E-state index contributed by atoms with van der Waals surface area (Å²) in [7, 11) is 0. The number of benzene rings is 1. The Balaban J connectivity index is 1.84. The topological polar surface area (TPSA) is 32.7 Å². The molecule has 1 aliphatic heterocycles. The molecule has 2 atom stereocenters. The molecule has 0 bridgehead atoms. The van der Waals surface area contributed by atoms with Crippen molar-refractivity contribution in [2.75, 3.05) is 26.2 Å². The third kappa shape index (κ3) is 5.22. The molecule has 0 aliphatic carbocycles. The molecule has 1 aliphatic rings. The van der Waals surface area contributed by atoms with Crippen molar-refractivity contribution in [3.63, 3.8) is 0 Å². The molecule has 1 heterocycles. The summed E-state index contributed by atoms with van der Waals surface area (Å²) in [6.07, 6.45) is 2.83. The summed E-state index contributed by atoms with van der Waals surface area (Å²) in [5, 5.41) is 11.0. The minimum atomic E-state index is -0.524. The average Bonchev–Trinajstić information content (AvgIpc) is 2.96. The number of ether oxygens (including phenoxy) is 1. The number of aliphatic hydroxyl groups is 1. The molecule has 5 heteroatoms. The normalized spacial score (nSPS) is 20.1. The summed E-state index contributed by atoms with van der Waals surface area (Å²) in [5.74, 6) is 0. The molecule has 21 heavy (non-hydrogen) atoms. The molecule has 1 aromatic carbocycles. The molecular weight excluding hydrogens is 354 g/mol. The van der Waals surface area contributed by atoms with Crippen LogP contribution < -0.4 is 0 Å². The highest BCUT2D eigenvalue weighted by Gasteiger charge is 2.19. The predicted octanol–water partition coefficient (Wildman–Crippen LogP) is 4.03. The van der Waals surface area contributed by atoms with E-state index >= 15 is 0 Å². The molecule has 1 N–H and O–H groups in total. The van der Waals surface area contributed by atoms with Gasteiger partial charge in [0, 0.05) is 29.2 Å². The van der Waals surface area contributed by atoms with Gasteiger partial charge in [-0.3, -0.25) is 0 Å². The second-order valence-electron chi connectivity index (χ2n) is 5.50. The molecule has 118 valence electrons. The first-order valence-corrected chi connectivity index (χ1v) is 8.74. The SMILES string of the molecule is CCN(CCC(O)c1ccc(Br)cc1Cl)CC1CCCO1. The first-order chi connectivity index (χ1) is 10.1. The van der Waals surface area contributed by atoms with E-state index in [9.17, 15) is 5.11 Å². The zero-order valence-corrected chi connectivity index (χ0v) is 14.7. The van der Waals surface area contributed by atoms with Gasteiger partial charge >= 0.3 is 0 Å². The van der Waals surface area contributed by atoms with Gasteiger partial charge in [-0.15, -0.1) is 0 Å². The number of aliphatic hydroxyl groups excluding tert-OH is 1. The minimum absolute atomic E-state index is 0.360. The maximum absolute atomic E-state index is 10.3. The lowest BCUT2D eigenvalue weighted by Crippen LogP contribution is -2.33. The highest BCUT2D eigenvalue weighted by atomic mass is 79.9. The third-order valence-electron chi connectivity index (χ3n) is 3.97. The fraction of sp³-hybridized carbons (Fsp3) is 0.625. The van der Waals surface area contributed by atoms with Crippen LogP contribution in [0.2, 0.25) is 5.02 Å². The van der Waals surface area contributed by atoms with Crippen LogP contribution >= 0.6 is 27.5 Å². The van der Waals surface area contributed by atoms with Gasteiger partial charge in [0.1, 0.15) is 0 Å². The zero-order valence-electron chi connectivity index (χ0n) is 12.4. The summed E-state index contributed by atoms with van der Waals surface area (Å²) in [6.45, 7) is 5.81. The van der Waals surface area contributed by atoms with Gasteiger partial charge in [-0.1, -0.05) is 40.5 Å². The molecule has 2 rings (SSSR count). The molecule has 2 unspecified atom stereocenters. The van der Waals surface area contributed by atoms with Crippen LogP contribution in [0.3, 0.4) is 0 Å². The molecule has 1 fully saturated rings. The Labute approximate surface area is 140 Å². The van der Waals surface area contributed by atoms with Crippen LogP contribution in [0.25, 0.3) is 0 Å². The van der Waals surface area contributed by atoms with Crippen LogP contribution in [0.5, 0.6) is 0 Å². The fourth-order valence-electron chi connectivity index (χ4n) is 2.69. The highest BCUT2D eigenvalue weighted by molar-refractivity contribution is 9.10. The second kappa shape index (κ2) is 8.49. The van der Waals surface area contributed by atoms with Crippen molar-refractivity contribution in [3.05, 3.63) is 33.3 Å². The van der Waals surface area contributed by atoms with E-state index in [4.69, 9.17) is 16.3 Å². The molecule has 0 radical (unpaired) electrons. The lowest BCUT2D eigenvalue weighted by molar-refractivity contribution is 0.0669. The van der Waals surface area contributed by atoms with Crippen LogP contribution in [-0.4, -0.2) is 42.4 Å². The largest absolute Gasteiger partial charge is 0.388 e. The maximum atomic E-state index is 10.3. The highest BCUT2D eigenvalue weighted by Crippen LogP contribution is 2.28. The number of halogens is 2. The van der Waals surface area contributed by atoms with E-state index in [0.717, 1.165) is 42.7 Å². The molecule has 0 amide bonds. The van der Waals surface area contributed by atoms with E-state index in [0.29, 0.717) is 17.5 Å². The molecule has 0 saturated carbocycles. The first kappa shape index (κ1) is 17.2. The van der Waals surface area contributed by atoms with Gasteiger partial charge < -0.3 is 14.7 Å². The smallest absolute Gasteiger partial charge is 0.0816 e. The summed E-state index contributed by atoms with van der Waals surface area (Å²) < 4.78 is 6.61. The van der Waals surface area contributed by atoms with Crippen molar-refractivity contribution >= 4 is 27.5 Å². The number of hydrogen-bond donors (Lipinski definition) is 1. The number of likely N-dealkylation sites (N-methyl/N-ethyl adjacent to an activating group) is 1. The Bertz CT molecular complexity index is 452. The molecule has 1 saturated heterocycles. The number of hydrogen-bond acceptors (Lipinski definition) is 3. The summed E-state index contributed by atoms with van der Waals surface area (Å²) >= 11 is 9.57. The lowest BCUT2D eigenvalue weighted by atomic mass is 10.1. The van der Waals surface area contributed by atoms with E-state index in [1.54, 1.807) is 0 Å². The Kier molecular flexibility index (Phi) is 6.96. The van der Waals surface area contributed by atoms with Crippen LogP contribution in [-0.2, 0) is 4.74 Å². The van der Waals surface area contributed by atoms with E-state index in [2.05, 4.69) is 27.8 Å². The Morgan fingerprint density at radius 2 is 2.33 bits per heavy atom. The van der Waals surface area contributed by atoms with Gasteiger partial charge in [-0.2, -0.15) is 0 Å². The van der Waals surface area contributed by atoms with Crippen LogP contribution in [0.15, 0.2) is 22.7 Å². The minimum Gasteiger partial charge on any atom is -0.388 e. The number of rotatable bonds is 7. The second-order valence-corrected chi connectivity index (χ2v) is 6.82. The molecule has 0 spiro atoms. The molecular formula is C16H23BrClNO2. The Hall–Kier alpha value is -0.130. The molecule has 0 aromatic heterocycles. The van der Waals surface area contributed by atoms with Gasteiger partial charge in [0.05, 0.1) is 12.2 Å². The summed E-state index contributed by atoms with van der Waals surface area (Å²) in [6, 6.07) is 5.62. The standard InChI is InChI=1S/C16H23BrClNO2/c1-2-19(11-13-4-3-9-21-13)8-7-16(20)14-6-5-12(17)10-15(14)18/h5-6,10,13,16,20H,2-4,7-9,11H2,1H3. The predicted molar refractivity (Wildman–Crippen MR) is 89.8 cm³/mol. The molecule has 1 aromatic rings. The van der Waals surface area contributed by atoms with E-state index < -0.39 is 6.10 Å². The van der Waals surface area contributed by atoms with E-state index in [-0.39, 0.29) is 0 Å². The van der Waals surface area contributed by atoms with Crippen LogP contribution in [0, 0.1) is 0 Å². The van der Waals surface area contributed by atoms with Crippen molar-refractivity contribution in [2.24, 2.45) is 0 Å². The van der Waals surface area contributed by atoms with Crippen molar-refractivity contribution in [1.82, 2.24) is 4.90 Å². The van der Waals surface area contributed by atoms with Crippen LogP contribution in [0.1, 0.15) is 37.9 Å². The van der Waals surface area contributed by atoms with Crippen molar-refractivity contribution in [3.8, 4) is 0 Å². The average molecular weight is 377 g/mol. The van der Waals surface area contributed by atoms with E-state index in [1.165, 1.54) is 6.42 Å². The third-order valence-corrected chi connectivity index (χ3v) is 4.79. The summed E-state index contributed by atoms with van der Waals surface area (Å²) in [4.78, 5) is 2.34. The number of nitrogens with zero attached hydrogens (tertiary/aromatic N) is 1. The first-order valence-electron chi connectivity index (χ1n) is 7.57. The van der Waals surface area contributed by atoms with Gasteiger partial charge in [0.2, 0.25) is 0 Å². The lowest BCUT2D eigenvalue weighted by Gasteiger charge is -2.25.